The molecule has 2 aromatic carbocycles. The lowest BCUT2D eigenvalue weighted by molar-refractivity contribution is 0.102. The summed E-state index contributed by atoms with van der Waals surface area (Å²) in [4.78, 5) is 14.7. The molecule has 0 radical (unpaired) electrons. The normalized spacial score (nSPS) is 12.1. The van der Waals surface area contributed by atoms with Crippen molar-refractivity contribution in [1.82, 2.24) is 14.7 Å². The van der Waals surface area contributed by atoms with Crippen LogP contribution in [0.3, 0.4) is 0 Å². The SMILES string of the molecule is CN(C)CC(O)Cn1cc(NC(=O)c2cc(C#N)cc3ccccc23)cn1. The molecule has 0 spiro atoms. The highest BCUT2D eigenvalue weighted by atomic mass is 16.3. The van der Waals surface area contributed by atoms with E-state index in [9.17, 15) is 15.2 Å². The summed E-state index contributed by atoms with van der Waals surface area (Å²) in [6.45, 7) is 0.857. The first-order chi connectivity index (χ1) is 13.0. The number of fused-ring (bicyclic) bond motifs is 1. The van der Waals surface area contributed by atoms with E-state index in [0.717, 1.165) is 10.8 Å². The van der Waals surface area contributed by atoms with Crippen molar-refractivity contribution in [3.05, 3.63) is 59.9 Å². The van der Waals surface area contributed by atoms with Crippen LogP contribution >= 0.6 is 0 Å². The number of anilines is 1. The number of hydrogen-bond acceptors (Lipinski definition) is 5. The summed E-state index contributed by atoms with van der Waals surface area (Å²) < 4.78 is 1.59. The first kappa shape index (κ1) is 18.6. The van der Waals surface area contributed by atoms with Crippen LogP contribution in [0.1, 0.15) is 15.9 Å². The van der Waals surface area contributed by atoms with Gasteiger partial charge in [-0.25, -0.2) is 0 Å². The third-order valence-electron chi connectivity index (χ3n) is 4.10. The van der Waals surface area contributed by atoms with Crippen LogP contribution < -0.4 is 5.32 Å². The van der Waals surface area contributed by atoms with Crippen molar-refractivity contribution in [3.8, 4) is 6.07 Å². The Kier molecular flexibility index (Phi) is 5.50. The zero-order valence-electron chi connectivity index (χ0n) is 15.3. The summed E-state index contributed by atoms with van der Waals surface area (Å²) >= 11 is 0. The highest BCUT2D eigenvalue weighted by Crippen LogP contribution is 2.22. The number of benzene rings is 2. The number of nitriles is 1. The molecular weight excluding hydrogens is 342 g/mol. The van der Waals surface area contributed by atoms with Gasteiger partial charge in [-0.15, -0.1) is 0 Å². The van der Waals surface area contributed by atoms with E-state index in [-0.39, 0.29) is 5.91 Å². The molecule has 2 N–H and O–H groups in total. The van der Waals surface area contributed by atoms with Gasteiger partial charge in [0, 0.05) is 18.3 Å². The minimum Gasteiger partial charge on any atom is -0.390 e. The minimum absolute atomic E-state index is 0.309. The summed E-state index contributed by atoms with van der Waals surface area (Å²) in [6, 6.07) is 12.9. The van der Waals surface area contributed by atoms with Crippen molar-refractivity contribution in [2.45, 2.75) is 12.6 Å². The van der Waals surface area contributed by atoms with Gasteiger partial charge in [0.05, 0.1) is 36.2 Å². The number of carbonyl (C=O) groups is 1. The van der Waals surface area contributed by atoms with Crippen LogP contribution in [0.2, 0.25) is 0 Å². The monoisotopic (exact) mass is 363 g/mol. The van der Waals surface area contributed by atoms with Crippen molar-refractivity contribution >= 4 is 22.4 Å². The number of amides is 1. The van der Waals surface area contributed by atoms with Crippen LogP contribution in [-0.4, -0.2) is 52.4 Å². The number of aromatic nitrogens is 2. The molecule has 1 atom stereocenters. The van der Waals surface area contributed by atoms with Crippen molar-refractivity contribution in [3.63, 3.8) is 0 Å². The van der Waals surface area contributed by atoms with E-state index in [0.29, 0.717) is 29.9 Å². The molecule has 1 amide bonds. The molecule has 3 rings (SSSR count). The molecule has 3 aromatic rings. The lowest BCUT2D eigenvalue weighted by atomic mass is 10.0. The number of aliphatic hydroxyl groups excluding tert-OH is 1. The molecule has 138 valence electrons. The molecule has 0 aliphatic carbocycles. The largest absolute Gasteiger partial charge is 0.390 e. The second-order valence-corrected chi connectivity index (χ2v) is 6.68. The van der Waals surface area contributed by atoms with Gasteiger partial charge >= 0.3 is 0 Å². The second kappa shape index (κ2) is 7.99. The molecule has 7 nitrogen and oxygen atoms in total. The fraction of sp³-hybridized carbons (Fsp3) is 0.250. The Labute approximate surface area is 157 Å². The van der Waals surface area contributed by atoms with Crippen LogP contribution in [0.25, 0.3) is 10.8 Å². The smallest absolute Gasteiger partial charge is 0.256 e. The Morgan fingerprint density at radius 3 is 2.89 bits per heavy atom. The van der Waals surface area contributed by atoms with Crippen LogP contribution in [0.15, 0.2) is 48.8 Å². The van der Waals surface area contributed by atoms with Gasteiger partial charge in [-0.2, -0.15) is 10.4 Å². The summed E-state index contributed by atoms with van der Waals surface area (Å²) in [5, 5.41) is 27.8. The summed E-state index contributed by atoms with van der Waals surface area (Å²) in [6.07, 6.45) is 2.66. The van der Waals surface area contributed by atoms with Gasteiger partial charge in [-0.3, -0.25) is 9.48 Å². The van der Waals surface area contributed by atoms with E-state index in [1.54, 1.807) is 23.0 Å². The number of nitrogens with one attached hydrogen (secondary N) is 1. The molecule has 0 saturated carbocycles. The Hall–Kier alpha value is -3.21. The zero-order chi connectivity index (χ0) is 19.4. The third-order valence-corrected chi connectivity index (χ3v) is 4.10. The number of rotatable bonds is 6. The lowest BCUT2D eigenvalue weighted by Gasteiger charge is -2.15. The fourth-order valence-corrected chi connectivity index (χ4v) is 2.98. The Bertz CT molecular complexity index is 1000. The van der Waals surface area contributed by atoms with Gasteiger partial charge in [0.1, 0.15) is 0 Å². The summed E-state index contributed by atoms with van der Waals surface area (Å²) in [5.41, 5.74) is 1.40. The van der Waals surface area contributed by atoms with E-state index < -0.39 is 6.10 Å². The van der Waals surface area contributed by atoms with Gasteiger partial charge in [-0.1, -0.05) is 24.3 Å². The second-order valence-electron chi connectivity index (χ2n) is 6.68. The fourth-order valence-electron chi connectivity index (χ4n) is 2.98. The predicted molar refractivity (Wildman–Crippen MR) is 103 cm³/mol. The average Bonchev–Trinajstić information content (AvgIpc) is 3.06. The maximum Gasteiger partial charge on any atom is 0.256 e. The van der Waals surface area contributed by atoms with Crippen LogP contribution in [0.5, 0.6) is 0 Å². The van der Waals surface area contributed by atoms with Gasteiger partial charge < -0.3 is 15.3 Å². The van der Waals surface area contributed by atoms with Gasteiger partial charge in [0.2, 0.25) is 0 Å². The minimum atomic E-state index is -0.556. The molecule has 0 saturated heterocycles. The van der Waals surface area contributed by atoms with Crippen LogP contribution in [0.4, 0.5) is 5.69 Å². The van der Waals surface area contributed by atoms with E-state index in [1.807, 2.05) is 43.3 Å². The van der Waals surface area contributed by atoms with Gasteiger partial charge in [-0.05, 0) is 37.0 Å². The molecular formula is C20H21N5O2. The molecule has 0 aliphatic heterocycles. The molecule has 0 fully saturated rings. The van der Waals surface area contributed by atoms with E-state index in [2.05, 4.69) is 16.5 Å². The van der Waals surface area contributed by atoms with Gasteiger partial charge in [0.15, 0.2) is 0 Å². The highest BCUT2D eigenvalue weighted by Gasteiger charge is 2.14. The quantitative estimate of drug-likeness (QED) is 0.699. The van der Waals surface area contributed by atoms with E-state index >= 15 is 0 Å². The third kappa shape index (κ3) is 4.50. The van der Waals surface area contributed by atoms with Crippen molar-refractivity contribution in [2.75, 3.05) is 26.0 Å². The molecule has 1 aromatic heterocycles. The number of nitrogens with zero attached hydrogens (tertiary/aromatic N) is 4. The topological polar surface area (TPSA) is 94.2 Å². The summed E-state index contributed by atoms with van der Waals surface area (Å²) in [7, 11) is 3.77. The molecule has 1 heterocycles. The molecule has 0 bridgehead atoms. The number of hydrogen-bond donors (Lipinski definition) is 2. The van der Waals surface area contributed by atoms with Crippen molar-refractivity contribution in [1.29, 1.82) is 5.26 Å². The molecule has 7 heteroatoms. The predicted octanol–water partition coefficient (Wildman–Crippen LogP) is 2.08. The van der Waals surface area contributed by atoms with E-state index in [1.165, 1.54) is 6.20 Å². The standard InChI is InChI=1S/C20H21N5O2/c1-24(2)12-17(26)13-25-11-16(10-22-25)23-20(27)19-8-14(9-21)7-15-5-3-4-6-18(15)19/h3-8,10-11,17,26H,12-13H2,1-2H3,(H,23,27). The first-order valence-electron chi connectivity index (χ1n) is 8.56. The Balaban J connectivity index is 1.79. The Morgan fingerprint density at radius 2 is 2.15 bits per heavy atom. The molecule has 0 aliphatic rings. The van der Waals surface area contributed by atoms with Gasteiger partial charge in [0.25, 0.3) is 5.91 Å². The zero-order valence-corrected chi connectivity index (χ0v) is 15.3. The number of likely N-dealkylation sites (N-methyl/N-ethyl adjacent to an activating group) is 1. The number of carbonyl (C=O) groups excluding carboxylic acids is 1. The highest BCUT2D eigenvalue weighted by molar-refractivity contribution is 6.13. The molecule has 27 heavy (non-hydrogen) atoms. The van der Waals surface area contributed by atoms with Crippen LogP contribution in [0, 0.1) is 11.3 Å². The maximum atomic E-state index is 12.8. The average molecular weight is 363 g/mol. The van der Waals surface area contributed by atoms with Crippen molar-refractivity contribution < 1.29 is 9.90 Å². The number of aliphatic hydroxyl groups is 1. The summed E-state index contributed by atoms with van der Waals surface area (Å²) in [5.74, 6) is -0.309. The molecule has 1 unspecified atom stereocenters. The lowest BCUT2D eigenvalue weighted by Crippen LogP contribution is -2.29. The van der Waals surface area contributed by atoms with E-state index in [4.69, 9.17) is 0 Å². The first-order valence-corrected chi connectivity index (χ1v) is 8.56. The maximum absolute atomic E-state index is 12.8. The van der Waals surface area contributed by atoms with Crippen molar-refractivity contribution in [2.24, 2.45) is 0 Å². The Morgan fingerprint density at radius 1 is 1.37 bits per heavy atom. The van der Waals surface area contributed by atoms with Crippen LogP contribution in [-0.2, 0) is 6.54 Å².